The number of nitrogens with zero attached hydrogens (tertiary/aromatic N) is 3. The summed E-state index contributed by atoms with van der Waals surface area (Å²) < 4.78 is 2.57. The monoisotopic (exact) mass is 743 g/mol. The molecule has 0 saturated carbocycles. The molecule has 0 N–H and O–H groups in total. The predicted molar refractivity (Wildman–Crippen MR) is 240 cm³/mol. The zero-order valence-electron chi connectivity index (χ0n) is 30.8. The van der Waals surface area contributed by atoms with Gasteiger partial charge in [-0.2, -0.15) is 0 Å². The molecule has 0 fully saturated rings. The molecule has 0 spiro atoms. The lowest BCUT2D eigenvalue weighted by atomic mass is 9.91. The van der Waals surface area contributed by atoms with Crippen molar-refractivity contribution in [1.82, 2.24) is 15.0 Å². The van der Waals surface area contributed by atoms with Gasteiger partial charge in [0, 0.05) is 42.4 Å². The molecule has 0 aliphatic rings. The summed E-state index contributed by atoms with van der Waals surface area (Å²) in [6, 6.07) is 71.2. The predicted octanol–water partition coefficient (Wildman–Crippen LogP) is 14.5. The number of hydrogen-bond donors (Lipinski definition) is 0. The molecule has 0 aliphatic heterocycles. The Labute approximate surface area is 334 Å². The molecule has 4 heteroatoms. The van der Waals surface area contributed by atoms with Crippen LogP contribution in [-0.2, 0) is 0 Å². The van der Waals surface area contributed by atoms with E-state index in [-0.39, 0.29) is 0 Å². The van der Waals surface area contributed by atoms with Gasteiger partial charge in [-0.05, 0) is 61.5 Å². The molecule has 266 valence electrons. The summed E-state index contributed by atoms with van der Waals surface area (Å²) in [5.74, 6) is 1.95. The molecule has 3 nitrogen and oxygen atoms in total. The Morgan fingerprint density at radius 2 is 0.789 bits per heavy atom. The van der Waals surface area contributed by atoms with Gasteiger partial charge in [0.05, 0.1) is 0 Å². The minimum Gasteiger partial charge on any atom is -0.208 e. The average Bonchev–Trinajstić information content (AvgIpc) is 3.68. The highest BCUT2D eigenvalue weighted by atomic mass is 32.1. The van der Waals surface area contributed by atoms with Crippen molar-refractivity contribution in [2.24, 2.45) is 0 Å². The van der Waals surface area contributed by atoms with Gasteiger partial charge in [0.15, 0.2) is 17.5 Å². The van der Waals surface area contributed by atoms with Crippen molar-refractivity contribution in [3.05, 3.63) is 200 Å². The van der Waals surface area contributed by atoms with Gasteiger partial charge >= 0.3 is 0 Å². The van der Waals surface area contributed by atoms with Crippen LogP contribution in [0.5, 0.6) is 0 Å². The third-order valence-corrected chi connectivity index (χ3v) is 12.2. The summed E-state index contributed by atoms with van der Waals surface area (Å²) in [5, 5.41) is 7.65. The van der Waals surface area contributed by atoms with E-state index in [2.05, 4.69) is 140 Å². The number of aromatic nitrogens is 3. The smallest absolute Gasteiger partial charge is 0.164 e. The average molecular weight is 744 g/mol. The lowest BCUT2D eigenvalue weighted by molar-refractivity contribution is 1.07. The van der Waals surface area contributed by atoms with Gasteiger partial charge in [-0.25, -0.2) is 15.0 Å². The van der Waals surface area contributed by atoms with Crippen molar-refractivity contribution in [3.63, 3.8) is 0 Å². The highest BCUT2D eigenvalue weighted by molar-refractivity contribution is 7.26. The van der Waals surface area contributed by atoms with Crippen LogP contribution in [0.4, 0.5) is 0 Å². The second kappa shape index (κ2) is 13.8. The lowest BCUT2D eigenvalue weighted by Crippen LogP contribution is -2.00. The molecular formula is C53H33N3S. The molecule has 57 heavy (non-hydrogen) atoms. The highest BCUT2D eigenvalue weighted by Gasteiger charge is 2.18. The van der Waals surface area contributed by atoms with E-state index < -0.39 is 0 Å². The Kier molecular flexibility index (Phi) is 8.01. The van der Waals surface area contributed by atoms with E-state index >= 15 is 0 Å². The van der Waals surface area contributed by atoms with Gasteiger partial charge in [0.1, 0.15) is 0 Å². The van der Waals surface area contributed by atoms with E-state index in [1.807, 2.05) is 72.0 Å². The Balaban J connectivity index is 1.01. The van der Waals surface area contributed by atoms with Gasteiger partial charge in [-0.15, -0.1) is 11.3 Å². The maximum absolute atomic E-state index is 4.99. The molecule has 0 atom stereocenters. The van der Waals surface area contributed by atoms with Crippen LogP contribution in [0.2, 0.25) is 0 Å². The molecule has 0 saturated heterocycles. The SMILES string of the molecule is c1ccc(-c2nc(-c3ccccc3)nc(-c3ccc(-c4c(-c5ccc(-c6ccc7c(ccc8ccccc87)c6)cc5)ccc5c4sc4ccccc45)cc3)n2)cc1. The second-order valence-electron chi connectivity index (χ2n) is 14.4. The number of fused-ring (bicyclic) bond motifs is 6. The maximum Gasteiger partial charge on any atom is 0.164 e. The van der Waals surface area contributed by atoms with Crippen molar-refractivity contribution in [2.45, 2.75) is 0 Å². The first kappa shape index (κ1) is 33.1. The van der Waals surface area contributed by atoms with Crippen molar-refractivity contribution in [2.75, 3.05) is 0 Å². The Bertz CT molecular complexity index is 3200. The van der Waals surface area contributed by atoms with Crippen molar-refractivity contribution < 1.29 is 0 Å². The Morgan fingerprint density at radius 3 is 1.49 bits per heavy atom. The molecule has 0 radical (unpaired) electrons. The van der Waals surface area contributed by atoms with E-state index in [1.165, 1.54) is 69.5 Å². The largest absolute Gasteiger partial charge is 0.208 e. The van der Waals surface area contributed by atoms with Gasteiger partial charge in [0.25, 0.3) is 0 Å². The maximum atomic E-state index is 4.99. The summed E-state index contributed by atoms with van der Waals surface area (Å²) >= 11 is 1.86. The van der Waals surface area contributed by atoms with Crippen molar-refractivity contribution in [3.8, 4) is 67.5 Å². The van der Waals surface area contributed by atoms with Crippen LogP contribution in [0.3, 0.4) is 0 Å². The Morgan fingerprint density at radius 1 is 0.298 bits per heavy atom. The fraction of sp³-hybridized carbons (Fsp3) is 0. The van der Waals surface area contributed by atoms with Crippen LogP contribution >= 0.6 is 11.3 Å². The van der Waals surface area contributed by atoms with Crippen molar-refractivity contribution in [1.29, 1.82) is 0 Å². The zero-order valence-corrected chi connectivity index (χ0v) is 31.6. The van der Waals surface area contributed by atoms with Crippen LogP contribution < -0.4 is 0 Å². The van der Waals surface area contributed by atoms with Crippen molar-refractivity contribution >= 4 is 53.1 Å². The first-order valence-electron chi connectivity index (χ1n) is 19.2. The summed E-state index contributed by atoms with van der Waals surface area (Å²) in [6.45, 7) is 0. The third-order valence-electron chi connectivity index (χ3n) is 11.0. The zero-order chi connectivity index (χ0) is 37.7. The van der Waals surface area contributed by atoms with Gasteiger partial charge < -0.3 is 0 Å². The number of hydrogen-bond acceptors (Lipinski definition) is 4. The third kappa shape index (κ3) is 5.95. The number of rotatable bonds is 6. The minimum atomic E-state index is 0.645. The highest BCUT2D eigenvalue weighted by Crippen LogP contribution is 2.45. The summed E-state index contributed by atoms with van der Waals surface area (Å²) in [7, 11) is 0. The summed E-state index contributed by atoms with van der Waals surface area (Å²) in [5.41, 5.74) is 10.0. The Hall–Kier alpha value is -7.27. The fourth-order valence-electron chi connectivity index (χ4n) is 8.07. The fourth-order valence-corrected chi connectivity index (χ4v) is 9.35. The van der Waals surface area contributed by atoms with Crippen LogP contribution in [0.25, 0.3) is 109 Å². The van der Waals surface area contributed by atoms with Gasteiger partial charge in [-0.1, -0.05) is 188 Å². The standard InChI is InChI=1S/C53H33N3S/c1-3-12-38(13-4-1)51-54-52(39-14-5-2-6-15-39)56-53(55-51)40-26-24-37(25-27-40)49-45(31-32-47-46-17-9-10-18-48(46)57-50(47)49)36-21-19-34(20-22-36)41-29-30-44-42(33-41)28-23-35-11-7-8-16-43(35)44/h1-33H. The minimum absolute atomic E-state index is 0.645. The summed E-state index contributed by atoms with van der Waals surface area (Å²) in [6.07, 6.45) is 0. The van der Waals surface area contributed by atoms with Crippen LogP contribution in [0.15, 0.2) is 200 Å². The quantitative estimate of drug-likeness (QED) is 0.159. The van der Waals surface area contributed by atoms with Gasteiger partial charge in [0.2, 0.25) is 0 Å². The van der Waals surface area contributed by atoms with E-state index in [9.17, 15) is 0 Å². The second-order valence-corrected chi connectivity index (χ2v) is 15.4. The van der Waals surface area contributed by atoms with Crippen LogP contribution in [0, 0.1) is 0 Å². The molecule has 0 bridgehead atoms. The molecule has 2 aromatic heterocycles. The molecule has 9 aromatic carbocycles. The van der Waals surface area contributed by atoms with E-state index in [1.54, 1.807) is 0 Å². The molecular weight excluding hydrogens is 711 g/mol. The molecule has 0 amide bonds. The van der Waals surface area contributed by atoms with Crippen LogP contribution in [0.1, 0.15) is 0 Å². The van der Waals surface area contributed by atoms with Crippen LogP contribution in [-0.4, -0.2) is 15.0 Å². The normalized spacial score (nSPS) is 11.5. The van der Waals surface area contributed by atoms with E-state index in [4.69, 9.17) is 15.0 Å². The summed E-state index contributed by atoms with van der Waals surface area (Å²) in [4.78, 5) is 14.9. The molecule has 11 rings (SSSR count). The first-order valence-corrected chi connectivity index (χ1v) is 20.0. The number of thiophene rings is 1. The van der Waals surface area contributed by atoms with E-state index in [0.29, 0.717) is 17.5 Å². The molecule has 0 aliphatic carbocycles. The number of benzene rings is 9. The van der Waals surface area contributed by atoms with E-state index in [0.717, 1.165) is 22.3 Å². The first-order chi connectivity index (χ1) is 28.2. The topological polar surface area (TPSA) is 38.7 Å². The van der Waals surface area contributed by atoms with Gasteiger partial charge in [-0.3, -0.25) is 0 Å². The molecule has 2 heterocycles. The molecule has 11 aromatic rings. The lowest BCUT2D eigenvalue weighted by Gasteiger charge is -2.14. The molecule has 0 unspecified atom stereocenters.